The molecule has 1 aromatic carbocycles. The third-order valence-electron chi connectivity index (χ3n) is 6.05. The quantitative estimate of drug-likeness (QED) is 0.749. The molecule has 29 heavy (non-hydrogen) atoms. The molecule has 1 amide bonds. The molecule has 0 saturated carbocycles. The Bertz CT molecular complexity index is 1040. The molecule has 9 heteroatoms. The first kappa shape index (κ1) is 20.0. The first-order valence-electron chi connectivity index (χ1n) is 9.81. The molecule has 0 radical (unpaired) electrons. The molecule has 8 nitrogen and oxygen atoms in total. The summed E-state index contributed by atoms with van der Waals surface area (Å²) in [4.78, 5) is 19.4. The first-order chi connectivity index (χ1) is 13.6. The fourth-order valence-corrected chi connectivity index (χ4v) is 5.85. The van der Waals surface area contributed by atoms with Crippen molar-refractivity contribution in [2.24, 2.45) is 5.92 Å². The summed E-state index contributed by atoms with van der Waals surface area (Å²) in [6, 6.07) is 5.81. The molecule has 0 bridgehead atoms. The number of nitrogens with zero attached hydrogens (tertiary/aromatic N) is 4. The van der Waals surface area contributed by atoms with Crippen LogP contribution in [0.25, 0.3) is 0 Å². The highest BCUT2D eigenvalue weighted by molar-refractivity contribution is 7.89. The van der Waals surface area contributed by atoms with Gasteiger partial charge in [0.1, 0.15) is 0 Å². The maximum Gasteiger partial charge on any atom is 0.253 e. The van der Waals surface area contributed by atoms with Crippen molar-refractivity contribution in [2.45, 2.75) is 33.1 Å². The summed E-state index contributed by atoms with van der Waals surface area (Å²) >= 11 is 0. The molecule has 2 aromatic rings. The SMILES string of the molecule is CCS(=O)(=O)N1C[C@@H]2CN(C(=O)c3cc(C)cc(C)c3)C[C@]2(c2nc(C)no2)C1. The Morgan fingerprint density at radius 2 is 1.86 bits per heavy atom. The Balaban J connectivity index is 1.68. The Morgan fingerprint density at radius 1 is 1.17 bits per heavy atom. The van der Waals surface area contributed by atoms with Crippen LogP contribution >= 0.6 is 0 Å². The number of rotatable bonds is 4. The Labute approximate surface area is 170 Å². The number of aromatic nitrogens is 2. The number of hydrogen-bond donors (Lipinski definition) is 0. The van der Waals surface area contributed by atoms with Crippen molar-refractivity contribution < 1.29 is 17.7 Å². The highest BCUT2D eigenvalue weighted by Crippen LogP contribution is 2.45. The standard InChI is InChI=1S/C20H26N4O4S/c1-5-29(26,27)24-10-17-9-23(18(25)16-7-13(2)6-14(3)8-16)11-20(17,12-24)19-21-15(4)22-28-19/h6-8,17H,5,9-12H2,1-4H3/t17-,20-/m0/s1. The van der Waals surface area contributed by atoms with Crippen molar-refractivity contribution in [3.8, 4) is 0 Å². The number of sulfonamides is 1. The van der Waals surface area contributed by atoms with Crippen LogP contribution in [0.1, 0.15) is 40.1 Å². The second-order valence-corrected chi connectivity index (χ2v) is 10.5. The van der Waals surface area contributed by atoms with Gasteiger partial charge in [0.2, 0.25) is 15.9 Å². The molecular weight excluding hydrogens is 392 g/mol. The second kappa shape index (κ2) is 6.91. The van der Waals surface area contributed by atoms with E-state index in [0.29, 0.717) is 36.9 Å². The number of aryl methyl sites for hydroxylation is 3. The predicted octanol–water partition coefficient (Wildman–Crippen LogP) is 1.67. The minimum Gasteiger partial charge on any atom is -0.339 e. The van der Waals surface area contributed by atoms with Gasteiger partial charge < -0.3 is 9.42 Å². The summed E-state index contributed by atoms with van der Waals surface area (Å²) in [6.45, 7) is 8.76. The van der Waals surface area contributed by atoms with Crippen LogP contribution < -0.4 is 0 Å². The van der Waals surface area contributed by atoms with Gasteiger partial charge in [0.25, 0.3) is 5.91 Å². The van der Waals surface area contributed by atoms with Crippen LogP contribution in [0.4, 0.5) is 0 Å². The van der Waals surface area contributed by atoms with E-state index in [1.165, 1.54) is 4.31 Å². The zero-order valence-corrected chi connectivity index (χ0v) is 18.0. The number of benzene rings is 1. The number of carbonyl (C=O) groups is 1. The zero-order valence-electron chi connectivity index (χ0n) is 17.2. The van der Waals surface area contributed by atoms with Crippen molar-refractivity contribution >= 4 is 15.9 Å². The molecule has 2 fully saturated rings. The molecule has 0 N–H and O–H groups in total. The number of carbonyl (C=O) groups excluding carboxylic acids is 1. The summed E-state index contributed by atoms with van der Waals surface area (Å²) < 4.78 is 32.0. The average molecular weight is 419 g/mol. The lowest BCUT2D eigenvalue weighted by Gasteiger charge is -2.25. The molecule has 156 valence electrons. The summed E-state index contributed by atoms with van der Waals surface area (Å²) in [7, 11) is -3.34. The highest BCUT2D eigenvalue weighted by Gasteiger charge is 2.59. The van der Waals surface area contributed by atoms with Gasteiger partial charge in [0.05, 0.1) is 11.2 Å². The fourth-order valence-electron chi connectivity index (χ4n) is 4.65. The fraction of sp³-hybridized carbons (Fsp3) is 0.550. The first-order valence-corrected chi connectivity index (χ1v) is 11.4. The van der Waals surface area contributed by atoms with E-state index in [9.17, 15) is 13.2 Å². The monoisotopic (exact) mass is 418 g/mol. The average Bonchev–Trinajstić information content (AvgIpc) is 3.32. The van der Waals surface area contributed by atoms with Gasteiger partial charge in [-0.15, -0.1) is 0 Å². The van der Waals surface area contributed by atoms with Crippen LogP contribution in [-0.2, 0) is 15.4 Å². The van der Waals surface area contributed by atoms with Gasteiger partial charge >= 0.3 is 0 Å². The number of fused-ring (bicyclic) bond motifs is 1. The van der Waals surface area contributed by atoms with Crippen molar-refractivity contribution in [2.75, 3.05) is 31.9 Å². The van der Waals surface area contributed by atoms with Crippen LogP contribution in [0.15, 0.2) is 22.7 Å². The van der Waals surface area contributed by atoms with Gasteiger partial charge in [0, 0.05) is 37.7 Å². The van der Waals surface area contributed by atoms with Gasteiger partial charge in [-0.25, -0.2) is 12.7 Å². The maximum atomic E-state index is 13.2. The minimum absolute atomic E-state index is 0.0455. The summed E-state index contributed by atoms with van der Waals surface area (Å²) in [6.07, 6.45) is 0. The smallest absolute Gasteiger partial charge is 0.253 e. The van der Waals surface area contributed by atoms with E-state index in [-0.39, 0.29) is 24.1 Å². The van der Waals surface area contributed by atoms with Gasteiger partial charge in [-0.2, -0.15) is 4.98 Å². The molecule has 2 aliphatic heterocycles. The maximum absolute atomic E-state index is 13.2. The lowest BCUT2D eigenvalue weighted by Crippen LogP contribution is -2.41. The lowest BCUT2D eigenvalue weighted by atomic mass is 9.81. The van der Waals surface area contributed by atoms with E-state index in [1.54, 1.807) is 18.7 Å². The summed E-state index contributed by atoms with van der Waals surface area (Å²) in [5, 5.41) is 3.92. The second-order valence-electron chi connectivity index (χ2n) is 8.25. The largest absolute Gasteiger partial charge is 0.339 e. The molecule has 1 aromatic heterocycles. The molecule has 2 aliphatic rings. The third kappa shape index (κ3) is 3.36. The van der Waals surface area contributed by atoms with E-state index in [0.717, 1.165) is 11.1 Å². The third-order valence-corrected chi connectivity index (χ3v) is 7.84. The van der Waals surface area contributed by atoms with Crippen LogP contribution in [0.5, 0.6) is 0 Å². The molecule has 2 saturated heterocycles. The molecule has 0 unspecified atom stereocenters. The Kier molecular flexibility index (Phi) is 4.77. The van der Waals surface area contributed by atoms with Crippen LogP contribution in [0.3, 0.4) is 0 Å². The van der Waals surface area contributed by atoms with Crippen molar-refractivity contribution in [3.05, 3.63) is 46.6 Å². The van der Waals surface area contributed by atoms with E-state index >= 15 is 0 Å². The minimum atomic E-state index is -3.34. The van der Waals surface area contributed by atoms with E-state index in [1.807, 2.05) is 32.0 Å². The topological polar surface area (TPSA) is 96.6 Å². The number of amides is 1. The van der Waals surface area contributed by atoms with E-state index in [4.69, 9.17) is 4.52 Å². The van der Waals surface area contributed by atoms with Gasteiger partial charge in [-0.1, -0.05) is 22.3 Å². The van der Waals surface area contributed by atoms with E-state index < -0.39 is 15.4 Å². The summed E-state index contributed by atoms with van der Waals surface area (Å²) in [5.41, 5.74) is 2.06. The van der Waals surface area contributed by atoms with Crippen molar-refractivity contribution in [1.29, 1.82) is 0 Å². The predicted molar refractivity (Wildman–Crippen MR) is 107 cm³/mol. The lowest BCUT2D eigenvalue weighted by molar-refractivity contribution is 0.0772. The van der Waals surface area contributed by atoms with Gasteiger partial charge in [-0.3, -0.25) is 4.79 Å². The van der Waals surface area contributed by atoms with E-state index in [2.05, 4.69) is 10.1 Å². The highest BCUT2D eigenvalue weighted by atomic mass is 32.2. The molecule has 3 heterocycles. The number of hydrogen-bond acceptors (Lipinski definition) is 6. The molecule has 4 rings (SSSR count). The Hall–Kier alpha value is -2.26. The van der Waals surface area contributed by atoms with Gasteiger partial charge in [0.15, 0.2) is 5.82 Å². The molecular formula is C20H26N4O4S. The zero-order chi connectivity index (χ0) is 21.0. The molecule has 0 aliphatic carbocycles. The van der Waals surface area contributed by atoms with Gasteiger partial charge in [-0.05, 0) is 39.8 Å². The normalized spacial score (nSPS) is 24.8. The molecule has 2 atom stereocenters. The Morgan fingerprint density at radius 3 is 2.45 bits per heavy atom. The number of likely N-dealkylation sites (tertiary alicyclic amines) is 1. The van der Waals surface area contributed by atoms with Crippen LogP contribution in [0.2, 0.25) is 0 Å². The van der Waals surface area contributed by atoms with Crippen LogP contribution in [0, 0.1) is 26.7 Å². The van der Waals surface area contributed by atoms with Crippen molar-refractivity contribution in [3.63, 3.8) is 0 Å². The summed E-state index contributed by atoms with van der Waals surface area (Å²) in [5.74, 6) is 0.836. The van der Waals surface area contributed by atoms with Crippen molar-refractivity contribution in [1.82, 2.24) is 19.3 Å². The molecule has 0 spiro atoms. The van der Waals surface area contributed by atoms with Crippen LogP contribution in [-0.4, -0.2) is 65.6 Å².